The molecule has 37 heavy (non-hydrogen) atoms. The summed E-state index contributed by atoms with van der Waals surface area (Å²) in [5.41, 5.74) is 2.58. The molecule has 0 saturated carbocycles. The van der Waals surface area contributed by atoms with E-state index in [4.69, 9.17) is 9.98 Å². The van der Waals surface area contributed by atoms with Gasteiger partial charge in [-0.1, -0.05) is 97.4 Å². The van der Waals surface area contributed by atoms with Crippen molar-refractivity contribution in [3.05, 3.63) is 24.8 Å². The van der Waals surface area contributed by atoms with Crippen LogP contribution < -0.4 is 5.32 Å². The van der Waals surface area contributed by atoms with Crippen molar-refractivity contribution in [3.8, 4) is 0 Å². The van der Waals surface area contributed by atoms with Crippen LogP contribution in [0.25, 0.3) is 0 Å². The Morgan fingerprint density at radius 1 is 0.703 bits per heavy atom. The SMILES string of the molecule is C=CC=CCCCCCCCCCCCN(CCN=C(C)CC(C)C)CCNCCN=C(C)CC(C)C. The Morgan fingerprint density at radius 2 is 1.24 bits per heavy atom. The van der Waals surface area contributed by atoms with Crippen molar-refractivity contribution in [2.45, 2.75) is 119 Å². The van der Waals surface area contributed by atoms with Gasteiger partial charge in [0, 0.05) is 37.6 Å². The van der Waals surface area contributed by atoms with Gasteiger partial charge < -0.3 is 10.2 Å². The van der Waals surface area contributed by atoms with Gasteiger partial charge in [-0.25, -0.2) is 0 Å². The third-order valence-electron chi connectivity index (χ3n) is 6.60. The summed E-state index contributed by atoms with van der Waals surface area (Å²) in [5.74, 6) is 1.38. The van der Waals surface area contributed by atoms with E-state index in [1.165, 1.54) is 82.2 Å². The molecule has 0 aromatic rings. The van der Waals surface area contributed by atoms with Crippen molar-refractivity contribution in [2.75, 3.05) is 45.8 Å². The molecule has 0 rings (SSSR count). The molecule has 4 heteroatoms. The van der Waals surface area contributed by atoms with Gasteiger partial charge in [0.2, 0.25) is 0 Å². The molecule has 0 aromatic carbocycles. The van der Waals surface area contributed by atoms with Gasteiger partial charge in [0.05, 0.1) is 13.1 Å². The monoisotopic (exact) mass is 517 g/mol. The summed E-state index contributed by atoms with van der Waals surface area (Å²) >= 11 is 0. The normalized spacial score (nSPS) is 13.1. The maximum Gasteiger partial charge on any atom is 0.0516 e. The van der Waals surface area contributed by atoms with Crippen LogP contribution >= 0.6 is 0 Å². The molecule has 1 N–H and O–H groups in total. The lowest BCUT2D eigenvalue weighted by molar-refractivity contribution is 0.274. The molecule has 0 saturated heterocycles. The lowest BCUT2D eigenvalue weighted by atomic mass is 10.1. The molecule has 0 bridgehead atoms. The van der Waals surface area contributed by atoms with Crippen LogP contribution in [0.2, 0.25) is 0 Å². The number of rotatable bonds is 26. The van der Waals surface area contributed by atoms with Crippen LogP contribution in [-0.2, 0) is 0 Å². The lowest BCUT2D eigenvalue weighted by Gasteiger charge is -2.22. The van der Waals surface area contributed by atoms with E-state index in [1.807, 2.05) is 6.08 Å². The molecule has 0 heterocycles. The molecule has 0 radical (unpaired) electrons. The topological polar surface area (TPSA) is 40.0 Å². The van der Waals surface area contributed by atoms with Gasteiger partial charge in [-0.05, 0) is 64.3 Å². The smallest absolute Gasteiger partial charge is 0.0516 e. The highest BCUT2D eigenvalue weighted by Gasteiger charge is 2.05. The average Bonchev–Trinajstić information content (AvgIpc) is 2.82. The van der Waals surface area contributed by atoms with E-state index in [-0.39, 0.29) is 0 Å². The summed E-state index contributed by atoms with van der Waals surface area (Å²) in [7, 11) is 0. The first kappa shape index (κ1) is 35.7. The number of aliphatic imine (C=N–C) groups is 2. The highest BCUT2D eigenvalue weighted by atomic mass is 15.1. The number of hydrogen-bond donors (Lipinski definition) is 1. The maximum absolute atomic E-state index is 4.85. The summed E-state index contributed by atoms with van der Waals surface area (Å²) in [6.07, 6.45) is 21.9. The fourth-order valence-electron chi connectivity index (χ4n) is 4.74. The van der Waals surface area contributed by atoms with Crippen LogP contribution in [0.15, 0.2) is 34.8 Å². The van der Waals surface area contributed by atoms with Crippen LogP contribution in [-0.4, -0.2) is 62.1 Å². The van der Waals surface area contributed by atoms with Gasteiger partial charge in [-0.3, -0.25) is 9.98 Å². The van der Waals surface area contributed by atoms with Crippen molar-refractivity contribution < 1.29 is 0 Å². The number of unbranched alkanes of at least 4 members (excludes halogenated alkanes) is 9. The zero-order chi connectivity index (χ0) is 27.6. The van der Waals surface area contributed by atoms with Gasteiger partial charge in [-0.15, -0.1) is 0 Å². The summed E-state index contributed by atoms with van der Waals surface area (Å²) in [4.78, 5) is 12.2. The summed E-state index contributed by atoms with van der Waals surface area (Å²) < 4.78 is 0. The van der Waals surface area contributed by atoms with Gasteiger partial charge in [0.25, 0.3) is 0 Å². The Morgan fingerprint density at radius 3 is 1.81 bits per heavy atom. The van der Waals surface area contributed by atoms with E-state index in [1.54, 1.807) is 0 Å². The second kappa shape index (κ2) is 26.4. The molecule has 216 valence electrons. The third-order valence-corrected chi connectivity index (χ3v) is 6.60. The molecule has 0 spiro atoms. The van der Waals surface area contributed by atoms with E-state index in [0.29, 0.717) is 11.8 Å². The lowest BCUT2D eigenvalue weighted by Crippen LogP contribution is -2.35. The van der Waals surface area contributed by atoms with Crippen LogP contribution in [0, 0.1) is 11.8 Å². The summed E-state index contributed by atoms with van der Waals surface area (Å²) in [6, 6.07) is 0. The molecule has 0 atom stereocenters. The van der Waals surface area contributed by atoms with E-state index in [9.17, 15) is 0 Å². The van der Waals surface area contributed by atoms with E-state index in [2.05, 4.69) is 70.5 Å². The highest BCUT2D eigenvalue weighted by Crippen LogP contribution is 2.11. The van der Waals surface area contributed by atoms with E-state index < -0.39 is 0 Å². The first-order chi connectivity index (χ1) is 17.8. The Bertz CT molecular complexity index is 603. The average molecular weight is 517 g/mol. The predicted molar refractivity (Wildman–Crippen MR) is 170 cm³/mol. The molecular formula is C33H64N4. The zero-order valence-electron chi connectivity index (χ0n) is 25.9. The fourth-order valence-corrected chi connectivity index (χ4v) is 4.74. The molecule has 0 aliphatic carbocycles. The first-order valence-corrected chi connectivity index (χ1v) is 15.6. The number of nitrogens with one attached hydrogen (secondary N) is 1. The third kappa shape index (κ3) is 27.6. The molecule has 4 nitrogen and oxygen atoms in total. The fraction of sp³-hybridized carbons (Fsp3) is 0.818. The Kier molecular flexibility index (Phi) is 25.5. The molecule has 0 aliphatic rings. The minimum atomic E-state index is 0.690. The molecule has 0 amide bonds. The zero-order valence-corrected chi connectivity index (χ0v) is 25.9. The molecular weight excluding hydrogens is 452 g/mol. The second-order valence-corrected chi connectivity index (χ2v) is 11.7. The predicted octanol–water partition coefficient (Wildman–Crippen LogP) is 8.54. The van der Waals surface area contributed by atoms with Gasteiger partial charge in [-0.2, -0.15) is 0 Å². The molecule has 0 fully saturated rings. The summed E-state index contributed by atoms with van der Waals surface area (Å²) in [6.45, 7) is 24.3. The van der Waals surface area contributed by atoms with Crippen LogP contribution in [0.3, 0.4) is 0 Å². The molecule has 0 aliphatic heterocycles. The Hall–Kier alpha value is -1.26. The van der Waals surface area contributed by atoms with Crippen molar-refractivity contribution in [1.29, 1.82) is 0 Å². The Labute approximate surface area is 232 Å². The van der Waals surface area contributed by atoms with Crippen molar-refractivity contribution in [2.24, 2.45) is 21.8 Å². The van der Waals surface area contributed by atoms with Crippen LogP contribution in [0.1, 0.15) is 119 Å². The number of hydrogen-bond acceptors (Lipinski definition) is 4. The Balaban J connectivity index is 4.12. The minimum Gasteiger partial charge on any atom is -0.314 e. The first-order valence-electron chi connectivity index (χ1n) is 15.6. The highest BCUT2D eigenvalue weighted by molar-refractivity contribution is 5.82. The summed E-state index contributed by atoms with van der Waals surface area (Å²) in [5, 5.41) is 3.61. The standard InChI is InChI=1S/C33H64N4/c1-8-9-10-11-12-13-14-15-16-17-18-19-20-25-37(27-24-36-33(7)29-31(4)5)26-23-34-21-22-35-32(6)28-30(2)3/h8-10,30-31,34H,1,11-29H2,2-7H3. The van der Waals surface area contributed by atoms with Crippen molar-refractivity contribution in [1.82, 2.24) is 10.2 Å². The van der Waals surface area contributed by atoms with Gasteiger partial charge in [0.15, 0.2) is 0 Å². The van der Waals surface area contributed by atoms with E-state index in [0.717, 1.165) is 52.1 Å². The number of allylic oxidation sites excluding steroid dienone is 3. The maximum atomic E-state index is 4.85. The minimum absolute atomic E-state index is 0.690. The largest absolute Gasteiger partial charge is 0.314 e. The second-order valence-electron chi connectivity index (χ2n) is 11.7. The van der Waals surface area contributed by atoms with Gasteiger partial charge in [0.1, 0.15) is 0 Å². The van der Waals surface area contributed by atoms with Gasteiger partial charge >= 0.3 is 0 Å². The quantitative estimate of drug-likeness (QED) is 0.0710. The van der Waals surface area contributed by atoms with Crippen molar-refractivity contribution in [3.63, 3.8) is 0 Å². The van der Waals surface area contributed by atoms with Crippen LogP contribution in [0.5, 0.6) is 0 Å². The molecule has 0 aromatic heterocycles. The van der Waals surface area contributed by atoms with Crippen LogP contribution in [0.4, 0.5) is 0 Å². The van der Waals surface area contributed by atoms with Crippen molar-refractivity contribution >= 4 is 11.4 Å². The van der Waals surface area contributed by atoms with E-state index >= 15 is 0 Å². The number of nitrogens with zero attached hydrogens (tertiary/aromatic N) is 3. The molecule has 0 unspecified atom stereocenters.